The smallest absolute Gasteiger partial charge is 0.246 e. The molecule has 2 fully saturated rings. The van der Waals surface area contributed by atoms with E-state index in [1.54, 1.807) is 11.3 Å². The van der Waals surface area contributed by atoms with E-state index in [2.05, 4.69) is 21.5 Å². The molecule has 3 atom stereocenters. The zero-order valence-corrected chi connectivity index (χ0v) is 22.5. The standard InChI is InChI=1S/C28H34N4O4S/c1-6-28(11-12-28)26(36)31-23(27(3,4)5)25(35)32-15-20(33)13-21(32)24(34)29-14-18-7-9-19(10-8-18)22-17(2)30-16-37-22/h1,7-10,16,20-21,23,33H,11-15H2,2-5H3,(H,29,34)(H,31,36)/t20-,21+,23-/m1/s1. The number of benzene rings is 1. The van der Waals surface area contributed by atoms with E-state index in [0.29, 0.717) is 19.4 Å². The number of thiazole rings is 1. The summed E-state index contributed by atoms with van der Waals surface area (Å²) in [7, 11) is 0. The van der Waals surface area contributed by atoms with E-state index in [9.17, 15) is 19.5 Å². The van der Waals surface area contributed by atoms with Gasteiger partial charge in [0.1, 0.15) is 17.5 Å². The van der Waals surface area contributed by atoms with Crippen LogP contribution < -0.4 is 10.6 Å². The molecule has 9 heteroatoms. The molecule has 2 aromatic rings. The van der Waals surface area contributed by atoms with Gasteiger partial charge in [-0.25, -0.2) is 4.98 Å². The van der Waals surface area contributed by atoms with Gasteiger partial charge < -0.3 is 20.6 Å². The number of rotatable bonds is 7. The summed E-state index contributed by atoms with van der Waals surface area (Å²) >= 11 is 1.58. The average molecular weight is 523 g/mol. The molecule has 1 saturated carbocycles. The van der Waals surface area contributed by atoms with Crippen molar-refractivity contribution in [3.05, 3.63) is 41.0 Å². The lowest BCUT2D eigenvalue weighted by atomic mass is 9.85. The van der Waals surface area contributed by atoms with Crippen molar-refractivity contribution in [3.8, 4) is 22.8 Å². The number of β-amino-alcohol motifs (C(OH)–C–C–N with tert-alkyl or cyclic N) is 1. The van der Waals surface area contributed by atoms with Crippen LogP contribution in [0.1, 0.15) is 51.3 Å². The second-order valence-electron chi connectivity index (χ2n) is 11.1. The summed E-state index contributed by atoms with van der Waals surface area (Å²) in [6.45, 7) is 7.85. The molecule has 1 aromatic carbocycles. The number of aryl methyl sites for hydroxylation is 1. The van der Waals surface area contributed by atoms with E-state index in [1.165, 1.54) is 4.90 Å². The Morgan fingerprint density at radius 2 is 1.95 bits per heavy atom. The highest BCUT2D eigenvalue weighted by atomic mass is 32.1. The van der Waals surface area contributed by atoms with Crippen molar-refractivity contribution in [1.29, 1.82) is 0 Å². The van der Waals surface area contributed by atoms with Gasteiger partial charge in [0.2, 0.25) is 17.7 Å². The number of hydrogen-bond acceptors (Lipinski definition) is 6. The first-order chi connectivity index (χ1) is 17.4. The monoisotopic (exact) mass is 522 g/mol. The molecule has 1 aromatic heterocycles. The number of likely N-dealkylation sites (tertiary alicyclic amines) is 1. The van der Waals surface area contributed by atoms with E-state index in [1.807, 2.05) is 57.5 Å². The van der Waals surface area contributed by atoms with E-state index in [-0.39, 0.29) is 24.8 Å². The second kappa shape index (κ2) is 10.3. The number of aliphatic hydroxyl groups is 1. The summed E-state index contributed by atoms with van der Waals surface area (Å²) in [6.07, 6.45) is 6.07. The summed E-state index contributed by atoms with van der Waals surface area (Å²) in [4.78, 5) is 46.4. The van der Waals surface area contributed by atoms with E-state index < -0.39 is 34.9 Å². The molecule has 0 radical (unpaired) electrons. The summed E-state index contributed by atoms with van der Waals surface area (Å²) in [5.74, 6) is 1.49. The van der Waals surface area contributed by atoms with E-state index in [4.69, 9.17) is 6.42 Å². The van der Waals surface area contributed by atoms with Gasteiger partial charge in [-0.15, -0.1) is 17.8 Å². The molecular formula is C28H34N4O4S. The van der Waals surface area contributed by atoms with Gasteiger partial charge >= 0.3 is 0 Å². The zero-order valence-electron chi connectivity index (χ0n) is 21.7. The van der Waals surface area contributed by atoms with Crippen molar-refractivity contribution in [2.24, 2.45) is 10.8 Å². The van der Waals surface area contributed by atoms with Crippen LogP contribution in [-0.2, 0) is 20.9 Å². The molecule has 1 aliphatic carbocycles. The van der Waals surface area contributed by atoms with Crippen LogP contribution in [0.3, 0.4) is 0 Å². The lowest BCUT2D eigenvalue weighted by Gasteiger charge is -2.35. The number of carbonyl (C=O) groups excluding carboxylic acids is 3. The predicted octanol–water partition coefficient (Wildman–Crippen LogP) is 2.64. The van der Waals surface area contributed by atoms with Crippen molar-refractivity contribution in [2.45, 2.75) is 71.7 Å². The third kappa shape index (κ3) is 5.71. The summed E-state index contributed by atoms with van der Waals surface area (Å²) in [5.41, 5.74) is 3.31. The molecule has 0 unspecified atom stereocenters. The topological polar surface area (TPSA) is 112 Å². The third-order valence-electron chi connectivity index (χ3n) is 7.14. The van der Waals surface area contributed by atoms with Gasteiger partial charge in [-0.05, 0) is 36.3 Å². The van der Waals surface area contributed by atoms with Crippen molar-refractivity contribution in [3.63, 3.8) is 0 Å². The van der Waals surface area contributed by atoms with Crippen molar-refractivity contribution in [1.82, 2.24) is 20.5 Å². The van der Waals surface area contributed by atoms with Crippen LogP contribution in [0.5, 0.6) is 0 Å². The molecule has 196 valence electrons. The first kappa shape index (κ1) is 26.8. The van der Waals surface area contributed by atoms with Crippen LogP contribution in [0, 0.1) is 30.1 Å². The lowest BCUT2D eigenvalue weighted by Crippen LogP contribution is -2.58. The Bertz CT molecular complexity index is 1220. The molecule has 0 bridgehead atoms. The lowest BCUT2D eigenvalue weighted by molar-refractivity contribution is -0.144. The predicted molar refractivity (Wildman–Crippen MR) is 142 cm³/mol. The number of aliphatic hydroxyl groups excluding tert-OH is 1. The first-order valence-corrected chi connectivity index (χ1v) is 13.4. The number of amides is 3. The minimum Gasteiger partial charge on any atom is -0.391 e. The van der Waals surface area contributed by atoms with Gasteiger partial charge in [0.25, 0.3) is 0 Å². The number of carbonyl (C=O) groups is 3. The number of nitrogens with one attached hydrogen (secondary N) is 2. The van der Waals surface area contributed by atoms with E-state index >= 15 is 0 Å². The van der Waals surface area contributed by atoms with Crippen LogP contribution in [0.25, 0.3) is 10.4 Å². The molecule has 8 nitrogen and oxygen atoms in total. The normalized spacial score (nSPS) is 21.1. The Morgan fingerprint density at radius 1 is 1.27 bits per heavy atom. The third-order valence-corrected chi connectivity index (χ3v) is 8.12. The maximum absolute atomic E-state index is 13.6. The minimum atomic E-state index is -0.880. The highest BCUT2D eigenvalue weighted by Crippen LogP contribution is 2.45. The zero-order chi connectivity index (χ0) is 27.0. The fraction of sp³-hybridized carbons (Fsp3) is 0.500. The number of terminal acetylenes is 1. The minimum absolute atomic E-state index is 0.0303. The largest absolute Gasteiger partial charge is 0.391 e. The highest BCUT2D eigenvalue weighted by Gasteiger charge is 2.51. The van der Waals surface area contributed by atoms with Gasteiger partial charge in [-0.3, -0.25) is 14.4 Å². The van der Waals surface area contributed by atoms with Crippen LogP contribution in [-0.4, -0.2) is 57.4 Å². The second-order valence-corrected chi connectivity index (χ2v) is 11.9. The maximum Gasteiger partial charge on any atom is 0.246 e. The molecular weight excluding hydrogens is 488 g/mol. The molecule has 1 aliphatic heterocycles. The number of nitrogens with zero attached hydrogens (tertiary/aromatic N) is 2. The van der Waals surface area contributed by atoms with Crippen molar-refractivity contribution >= 4 is 29.1 Å². The van der Waals surface area contributed by atoms with Crippen LogP contribution >= 0.6 is 11.3 Å². The molecule has 0 spiro atoms. The average Bonchev–Trinajstić information content (AvgIpc) is 3.40. The van der Waals surface area contributed by atoms with Gasteiger partial charge in [-0.1, -0.05) is 51.0 Å². The van der Waals surface area contributed by atoms with Crippen molar-refractivity contribution in [2.75, 3.05) is 6.54 Å². The summed E-state index contributed by atoms with van der Waals surface area (Å²) < 4.78 is 0. The first-order valence-electron chi connectivity index (χ1n) is 12.5. The molecule has 2 aliphatic rings. The summed E-state index contributed by atoms with van der Waals surface area (Å²) in [6, 6.07) is 6.18. The molecule has 3 N–H and O–H groups in total. The molecule has 37 heavy (non-hydrogen) atoms. The van der Waals surface area contributed by atoms with Gasteiger partial charge in [0.15, 0.2) is 0 Å². The molecule has 4 rings (SSSR count). The molecule has 2 heterocycles. The van der Waals surface area contributed by atoms with Gasteiger partial charge in [0, 0.05) is 19.5 Å². The quantitative estimate of drug-likeness (QED) is 0.484. The number of aromatic nitrogens is 1. The van der Waals surface area contributed by atoms with Crippen molar-refractivity contribution < 1.29 is 19.5 Å². The Morgan fingerprint density at radius 3 is 2.49 bits per heavy atom. The Hall–Kier alpha value is -3.22. The maximum atomic E-state index is 13.6. The molecule has 3 amide bonds. The Labute approximate surface area is 221 Å². The van der Waals surface area contributed by atoms with Gasteiger partial charge in [0.05, 0.1) is 22.2 Å². The number of hydrogen-bond donors (Lipinski definition) is 3. The SMILES string of the molecule is C#CC1(C(=O)N[C@H](C(=O)N2C[C@H](O)C[C@H]2C(=O)NCc2ccc(-c3scnc3C)cc2)C(C)(C)C)CC1. The molecule has 1 saturated heterocycles. The van der Waals surface area contributed by atoms with Crippen LogP contribution in [0.2, 0.25) is 0 Å². The Kier molecular flexibility index (Phi) is 7.45. The van der Waals surface area contributed by atoms with Crippen LogP contribution in [0.15, 0.2) is 29.8 Å². The highest BCUT2D eigenvalue weighted by molar-refractivity contribution is 7.13. The summed E-state index contributed by atoms with van der Waals surface area (Å²) in [5, 5.41) is 16.1. The van der Waals surface area contributed by atoms with Gasteiger partial charge in [-0.2, -0.15) is 0 Å². The van der Waals surface area contributed by atoms with Crippen LogP contribution in [0.4, 0.5) is 0 Å². The fourth-order valence-electron chi connectivity index (χ4n) is 4.61. The Balaban J connectivity index is 1.43. The van der Waals surface area contributed by atoms with E-state index in [0.717, 1.165) is 21.7 Å². The fourth-order valence-corrected chi connectivity index (χ4v) is 5.42.